The number of hydrogen-bond acceptors (Lipinski definition) is 4. The van der Waals surface area contributed by atoms with Gasteiger partial charge in [-0.05, 0) is 38.8 Å². The standard InChI is InChI=1S/C20H22O4/c1-19(2,23)17(21)15-9-5-13(6-10-15)14-7-11-16(12-8-14)18(22)20(3,4)24/h5-12,23-24H,1-4H3. The monoisotopic (exact) mass is 326 g/mol. The molecule has 0 amide bonds. The third-order valence-electron chi connectivity index (χ3n) is 3.74. The van der Waals surface area contributed by atoms with Gasteiger partial charge in [-0.2, -0.15) is 0 Å². The summed E-state index contributed by atoms with van der Waals surface area (Å²) in [4.78, 5) is 24.0. The zero-order valence-electron chi connectivity index (χ0n) is 14.3. The molecule has 0 saturated heterocycles. The van der Waals surface area contributed by atoms with E-state index in [4.69, 9.17) is 0 Å². The lowest BCUT2D eigenvalue weighted by Gasteiger charge is -2.16. The highest BCUT2D eigenvalue weighted by Gasteiger charge is 2.26. The number of rotatable bonds is 5. The highest BCUT2D eigenvalue weighted by Crippen LogP contribution is 2.23. The first-order valence-electron chi connectivity index (χ1n) is 7.75. The molecule has 0 radical (unpaired) electrons. The molecule has 0 unspecified atom stereocenters. The van der Waals surface area contributed by atoms with Crippen molar-refractivity contribution in [2.24, 2.45) is 0 Å². The Morgan fingerprint density at radius 3 is 1.08 bits per heavy atom. The van der Waals surface area contributed by atoms with Gasteiger partial charge < -0.3 is 10.2 Å². The highest BCUT2D eigenvalue weighted by atomic mass is 16.3. The van der Waals surface area contributed by atoms with Gasteiger partial charge in [0.15, 0.2) is 11.6 Å². The van der Waals surface area contributed by atoms with Crippen LogP contribution in [0.3, 0.4) is 0 Å². The fourth-order valence-electron chi connectivity index (χ4n) is 2.33. The van der Waals surface area contributed by atoms with E-state index in [9.17, 15) is 19.8 Å². The van der Waals surface area contributed by atoms with Crippen LogP contribution in [0.25, 0.3) is 11.1 Å². The largest absolute Gasteiger partial charge is 0.382 e. The second-order valence-corrected chi connectivity index (χ2v) is 6.93. The van der Waals surface area contributed by atoms with Gasteiger partial charge in [-0.25, -0.2) is 0 Å². The van der Waals surface area contributed by atoms with Gasteiger partial charge in [0.25, 0.3) is 0 Å². The number of aliphatic hydroxyl groups is 2. The van der Waals surface area contributed by atoms with Gasteiger partial charge in [-0.1, -0.05) is 48.5 Å². The Morgan fingerprint density at radius 2 is 0.875 bits per heavy atom. The molecular formula is C20H22O4. The molecule has 0 fully saturated rings. The second kappa shape index (κ2) is 6.30. The van der Waals surface area contributed by atoms with Crippen molar-refractivity contribution in [2.45, 2.75) is 38.9 Å². The predicted molar refractivity (Wildman–Crippen MR) is 93.1 cm³/mol. The Bertz CT molecular complexity index is 675. The number of carbonyl (C=O) groups excluding carboxylic acids is 2. The topological polar surface area (TPSA) is 74.6 Å². The fourth-order valence-corrected chi connectivity index (χ4v) is 2.33. The summed E-state index contributed by atoms with van der Waals surface area (Å²) in [5.74, 6) is -0.666. The summed E-state index contributed by atoms with van der Waals surface area (Å²) in [5, 5.41) is 19.5. The first-order chi connectivity index (χ1) is 11.0. The van der Waals surface area contributed by atoms with Crippen LogP contribution in [0, 0.1) is 0 Å². The molecule has 0 atom stereocenters. The number of benzene rings is 2. The molecule has 0 aliphatic carbocycles. The Kier molecular flexibility index (Phi) is 4.74. The Morgan fingerprint density at radius 1 is 0.625 bits per heavy atom. The molecular weight excluding hydrogens is 304 g/mol. The molecule has 0 aliphatic heterocycles. The normalized spacial score (nSPS) is 12.1. The zero-order chi connectivity index (χ0) is 18.1. The molecule has 0 spiro atoms. The van der Waals surface area contributed by atoms with Gasteiger partial charge >= 0.3 is 0 Å². The molecule has 24 heavy (non-hydrogen) atoms. The van der Waals surface area contributed by atoms with Crippen molar-refractivity contribution >= 4 is 11.6 Å². The molecule has 0 aliphatic rings. The third-order valence-corrected chi connectivity index (χ3v) is 3.74. The van der Waals surface area contributed by atoms with Crippen molar-refractivity contribution in [1.29, 1.82) is 0 Å². The minimum absolute atomic E-state index is 0.333. The first-order valence-corrected chi connectivity index (χ1v) is 7.75. The van der Waals surface area contributed by atoms with Crippen molar-refractivity contribution in [3.8, 4) is 11.1 Å². The highest BCUT2D eigenvalue weighted by molar-refractivity contribution is 6.02. The SMILES string of the molecule is CC(C)(O)C(=O)c1ccc(-c2ccc(C(=O)C(C)(C)O)cc2)cc1. The molecule has 0 saturated carbocycles. The molecule has 2 aromatic rings. The van der Waals surface area contributed by atoms with Crippen molar-refractivity contribution in [3.63, 3.8) is 0 Å². The van der Waals surface area contributed by atoms with E-state index in [2.05, 4.69) is 0 Å². The van der Waals surface area contributed by atoms with Gasteiger partial charge in [0.2, 0.25) is 0 Å². The van der Waals surface area contributed by atoms with Gasteiger partial charge in [0.05, 0.1) is 0 Å². The lowest BCUT2D eigenvalue weighted by atomic mass is 9.93. The summed E-state index contributed by atoms with van der Waals surface area (Å²) < 4.78 is 0. The summed E-state index contributed by atoms with van der Waals surface area (Å²) in [7, 11) is 0. The van der Waals surface area contributed by atoms with Crippen LogP contribution in [0.15, 0.2) is 48.5 Å². The molecule has 0 bridgehead atoms. The van der Waals surface area contributed by atoms with Crippen LogP contribution in [-0.2, 0) is 0 Å². The van der Waals surface area contributed by atoms with Crippen LogP contribution in [0.4, 0.5) is 0 Å². The van der Waals surface area contributed by atoms with E-state index >= 15 is 0 Å². The molecule has 4 heteroatoms. The number of Topliss-reactive ketones (excluding diaryl/α,β-unsaturated/α-hetero) is 2. The minimum Gasteiger partial charge on any atom is -0.382 e. The Labute approximate surface area is 141 Å². The van der Waals surface area contributed by atoms with E-state index in [0.29, 0.717) is 11.1 Å². The lowest BCUT2D eigenvalue weighted by molar-refractivity contribution is 0.0487. The zero-order valence-corrected chi connectivity index (χ0v) is 14.3. The molecule has 4 nitrogen and oxygen atoms in total. The van der Waals surface area contributed by atoms with Gasteiger partial charge in [-0.3, -0.25) is 9.59 Å². The molecule has 2 N–H and O–H groups in total. The van der Waals surface area contributed by atoms with Crippen LogP contribution in [-0.4, -0.2) is 33.0 Å². The smallest absolute Gasteiger partial charge is 0.193 e. The Hall–Kier alpha value is -2.30. The van der Waals surface area contributed by atoms with E-state index in [-0.39, 0.29) is 11.6 Å². The molecule has 2 aromatic carbocycles. The van der Waals surface area contributed by atoms with E-state index in [1.165, 1.54) is 27.7 Å². The van der Waals surface area contributed by atoms with Crippen LogP contribution in [0.5, 0.6) is 0 Å². The maximum atomic E-state index is 12.0. The average molecular weight is 326 g/mol. The molecule has 0 aromatic heterocycles. The molecule has 0 heterocycles. The molecule has 126 valence electrons. The van der Waals surface area contributed by atoms with Crippen LogP contribution >= 0.6 is 0 Å². The van der Waals surface area contributed by atoms with Crippen molar-refractivity contribution < 1.29 is 19.8 Å². The summed E-state index contributed by atoms with van der Waals surface area (Å²) in [6, 6.07) is 13.9. The predicted octanol–water partition coefficient (Wildman–Crippen LogP) is 3.26. The molecule has 2 rings (SSSR count). The maximum Gasteiger partial charge on any atom is 0.193 e. The number of hydrogen-bond donors (Lipinski definition) is 2. The second-order valence-electron chi connectivity index (χ2n) is 6.93. The van der Waals surface area contributed by atoms with Crippen LogP contribution in [0.2, 0.25) is 0 Å². The number of ketones is 2. The van der Waals surface area contributed by atoms with Gasteiger partial charge in [-0.15, -0.1) is 0 Å². The van der Waals surface area contributed by atoms with Crippen molar-refractivity contribution in [1.82, 2.24) is 0 Å². The van der Waals surface area contributed by atoms with Crippen molar-refractivity contribution in [3.05, 3.63) is 59.7 Å². The maximum absolute atomic E-state index is 12.0. The van der Waals surface area contributed by atoms with Gasteiger partial charge in [0, 0.05) is 11.1 Å². The fraction of sp³-hybridized carbons (Fsp3) is 0.300. The lowest BCUT2D eigenvalue weighted by Crippen LogP contribution is -2.31. The number of carbonyl (C=O) groups is 2. The van der Waals surface area contributed by atoms with E-state index in [1.54, 1.807) is 48.5 Å². The Balaban J connectivity index is 2.24. The summed E-state index contributed by atoms with van der Waals surface area (Å²) in [6.07, 6.45) is 0. The minimum atomic E-state index is -1.40. The van der Waals surface area contributed by atoms with Crippen LogP contribution in [0.1, 0.15) is 48.4 Å². The van der Waals surface area contributed by atoms with E-state index in [0.717, 1.165) is 11.1 Å². The first kappa shape index (κ1) is 18.0. The summed E-state index contributed by atoms with van der Waals surface area (Å²) >= 11 is 0. The third kappa shape index (κ3) is 3.96. The van der Waals surface area contributed by atoms with Crippen molar-refractivity contribution in [2.75, 3.05) is 0 Å². The van der Waals surface area contributed by atoms with E-state index < -0.39 is 11.2 Å². The summed E-state index contributed by atoms with van der Waals surface area (Å²) in [6.45, 7) is 5.84. The summed E-state index contributed by atoms with van der Waals surface area (Å²) in [5.41, 5.74) is -0.129. The quantitative estimate of drug-likeness (QED) is 0.827. The van der Waals surface area contributed by atoms with Crippen LogP contribution < -0.4 is 0 Å². The average Bonchev–Trinajstić information content (AvgIpc) is 2.52. The van der Waals surface area contributed by atoms with Gasteiger partial charge in [0.1, 0.15) is 11.2 Å². The van der Waals surface area contributed by atoms with E-state index in [1.807, 2.05) is 0 Å².